The Balaban J connectivity index is 2.55. The van der Waals surface area contributed by atoms with Crippen LogP contribution in [0.25, 0.3) is 0 Å². The predicted octanol–water partition coefficient (Wildman–Crippen LogP) is 2.78. The van der Waals surface area contributed by atoms with E-state index in [-0.39, 0.29) is 6.21 Å². The van der Waals surface area contributed by atoms with Crippen LogP contribution in [0.5, 0.6) is 0 Å². The van der Waals surface area contributed by atoms with E-state index >= 15 is 0 Å². The summed E-state index contributed by atoms with van der Waals surface area (Å²) in [7, 11) is 0. The summed E-state index contributed by atoms with van der Waals surface area (Å²) in [5.41, 5.74) is 3.97. The SMILES string of the molecule is CCc1ccc(N/N=C\C(=O)C(F)(F)F)cc1. The molecule has 0 saturated heterocycles. The van der Waals surface area contributed by atoms with Gasteiger partial charge in [0.15, 0.2) is 0 Å². The second-order valence-corrected chi connectivity index (χ2v) is 3.28. The van der Waals surface area contributed by atoms with Crippen molar-refractivity contribution in [3.63, 3.8) is 0 Å². The number of ketones is 1. The molecule has 0 saturated carbocycles. The van der Waals surface area contributed by atoms with E-state index < -0.39 is 12.0 Å². The lowest BCUT2D eigenvalue weighted by atomic mass is 10.2. The number of nitrogens with one attached hydrogen (secondary N) is 1. The maximum atomic E-state index is 11.8. The molecule has 1 rings (SSSR count). The summed E-state index contributed by atoms with van der Waals surface area (Å²) in [6.07, 6.45) is -3.79. The second-order valence-electron chi connectivity index (χ2n) is 3.28. The van der Waals surface area contributed by atoms with Crippen molar-refractivity contribution < 1.29 is 18.0 Å². The van der Waals surface area contributed by atoms with Crippen LogP contribution in [0.2, 0.25) is 0 Å². The van der Waals surface area contributed by atoms with Crippen molar-refractivity contribution in [2.45, 2.75) is 19.5 Å². The van der Waals surface area contributed by atoms with E-state index in [0.29, 0.717) is 5.69 Å². The zero-order valence-electron chi connectivity index (χ0n) is 9.08. The Morgan fingerprint density at radius 2 is 1.94 bits per heavy atom. The number of aryl methyl sites for hydroxylation is 1. The lowest BCUT2D eigenvalue weighted by molar-refractivity contribution is -0.162. The van der Waals surface area contributed by atoms with Crippen molar-refractivity contribution in [1.29, 1.82) is 0 Å². The van der Waals surface area contributed by atoms with E-state index in [4.69, 9.17) is 0 Å². The number of halogens is 3. The van der Waals surface area contributed by atoms with Crippen molar-refractivity contribution in [3.8, 4) is 0 Å². The minimum Gasteiger partial charge on any atom is -0.283 e. The molecule has 0 unspecified atom stereocenters. The number of rotatable bonds is 4. The van der Waals surface area contributed by atoms with Gasteiger partial charge in [-0.1, -0.05) is 19.1 Å². The number of hydrogen-bond acceptors (Lipinski definition) is 3. The number of anilines is 1. The number of carbonyl (C=O) groups is 1. The molecule has 1 N–H and O–H groups in total. The smallest absolute Gasteiger partial charge is 0.283 e. The van der Waals surface area contributed by atoms with Gasteiger partial charge in [-0.05, 0) is 24.1 Å². The van der Waals surface area contributed by atoms with Gasteiger partial charge in [0.25, 0.3) is 5.78 Å². The summed E-state index contributed by atoms with van der Waals surface area (Å²) in [5, 5.41) is 3.22. The Morgan fingerprint density at radius 3 is 2.41 bits per heavy atom. The van der Waals surface area contributed by atoms with Gasteiger partial charge in [-0.15, -0.1) is 0 Å². The van der Waals surface area contributed by atoms with Crippen molar-refractivity contribution >= 4 is 17.7 Å². The Labute approximate surface area is 96.3 Å². The molecule has 0 aliphatic rings. The van der Waals surface area contributed by atoms with Gasteiger partial charge in [0.05, 0.1) is 11.9 Å². The number of alkyl halides is 3. The van der Waals surface area contributed by atoms with Crippen LogP contribution >= 0.6 is 0 Å². The summed E-state index contributed by atoms with van der Waals surface area (Å²) >= 11 is 0. The minimum atomic E-state index is -4.88. The highest BCUT2D eigenvalue weighted by molar-refractivity contribution is 6.30. The molecule has 0 heterocycles. The third kappa shape index (κ3) is 4.26. The molecular formula is C11H11F3N2O. The molecule has 0 aliphatic carbocycles. The van der Waals surface area contributed by atoms with Crippen LogP contribution in [0.4, 0.5) is 18.9 Å². The molecule has 0 fully saturated rings. The van der Waals surface area contributed by atoms with Crippen LogP contribution in [0.1, 0.15) is 12.5 Å². The Bertz CT molecular complexity index is 410. The molecule has 0 spiro atoms. The van der Waals surface area contributed by atoms with Gasteiger partial charge < -0.3 is 0 Å². The quantitative estimate of drug-likeness (QED) is 0.653. The third-order valence-electron chi connectivity index (χ3n) is 2.02. The molecule has 0 amide bonds. The Kier molecular flexibility index (Phi) is 4.25. The largest absolute Gasteiger partial charge is 0.455 e. The summed E-state index contributed by atoms with van der Waals surface area (Å²) in [6.45, 7) is 1.99. The van der Waals surface area contributed by atoms with Crippen molar-refractivity contribution in [2.24, 2.45) is 5.10 Å². The summed E-state index contributed by atoms with van der Waals surface area (Å²) in [4.78, 5) is 10.4. The third-order valence-corrected chi connectivity index (χ3v) is 2.02. The van der Waals surface area contributed by atoms with E-state index in [1.54, 1.807) is 12.1 Å². The fraction of sp³-hybridized carbons (Fsp3) is 0.273. The molecule has 0 bridgehead atoms. The topological polar surface area (TPSA) is 41.5 Å². The summed E-state index contributed by atoms with van der Waals surface area (Å²) < 4.78 is 35.4. The fourth-order valence-electron chi connectivity index (χ4n) is 1.05. The van der Waals surface area contributed by atoms with Gasteiger partial charge in [-0.25, -0.2) is 0 Å². The monoisotopic (exact) mass is 244 g/mol. The van der Waals surface area contributed by atoms with Crippen LogP contribution < -0.4 is 5.43 Å². The van der Waals surface area contributed by atoms with Gasteiger partial charge >= 0.3 is 6.18 Å². The number of carbonyl (C=O) groups excluding carboxylic acids is 1. The fourth-order valence-corrected chi connectivity index (χ4v) is 1.05. The van der Waals surface area contributed by atoms with Gasteiger partial charge in [-0.3, -0.25) is 10.2 Å². The zero-order chi connectivity index (χ0) is 12.9. The molecule has 1 aromatic carbocycles. The van der Waals surface area contributed by atoms with Crippen LogP contribution in [-0.2, 0) is 11.2 Å². The number of nitrogens with zero attached hydrogens (tertiary/aromatic N) is 1. The van der Waals surface area contributed by atoms with Gasteiger partial charge in [-0.2, -0.15) is 18.3 Å². The average molecular weight is 244 g/mol. The van der Waals surface area contributed by atoms with Crippen molar-refractivity contribution in [2.75, 3.05) is 5.43 Å². The first-order valence-corrected chi connectivity index (χ1v) is 4.92. The molecule has 0 aromatic heterocycles. The first-order chi connectivity index (χ1) is 7.93. The standard InChI is InChI=1S/C11H11F3N2O/c1-2-8-3-5-9(6-4-8)16-15-7-10(17)11(12,13)14/h3-7,16H,2H2,1H3/b15-7-. The first-order valence-electron chi connectivity index (χ1n) is 4.92. The van der Waals surface area contributed by atoms with Crippen molar-refractivity contribution in [3.05, 3.63) is 29.8 Å². The number of Topliss-reactive ketones (excluding diaryl/α,β-unsaturated/α-hetero) is 1. The summed E-state index contributed by atoms with van der Waals surface area (Å²) in [5.74, 6) is -1.99. The van der Waals surface area contributed by atoms with Crippen LogP contribution in [0, 0.1) is 0 Å². The highest BCUT2D eigenvalue weighted by atomic mass is 19.4. The van der Waals surface area contributed by atoms with Gasteiger partial charge in [0, 0.05) is 0 Å². The average Bonchev–Trinajstić information content (AvgIpc) is 2.28. The highest BCUT2D eigenvalue weighted by Gasteiger charge is 2.36. The first kappa shape index (κ1) is 13.2. The highest BCUT2D eigenvalue weighted by Crippen LogP contribution is 2.14. The normalized spacial score (nSPS) is 11.8. The van der Waals surface area contributed by atoms with Crippen LogP contribution in [0.3, 0.4) is 0 Å². The summed E-state index contributed by atoms with van der Waals surface area (Å²) in [6, 6.07) is 7.00. The molecule has 1 aromatic rings. The van der Waals surface area contributed by atoms with E-state index in [1.807, 2.05) is 19.1 Å². The Morgan fingerprint density at radius 1 is 1.35 bits per heavy atom. The lowest BCUT2D eigenvalue weighted by Gasteiger charge is -2.02. The van der Waals surface area contributed by atoms with Crippen molar-refractivity contribution in [1.82, 2.24) is 0 Å². The van der Waals surface area contributed by atoms with E-state index in [9.17, 15) is 18.0 Å². The van der Waals surface area contributed by atoms with Gasteiger partial charge in [0.1, 0.15) is 0 Å². The number of hydrazone groups is 1. The minimum absolute atomic E-state index is 0.216. The molecule has 0 aliphatic heterocycles. The predicted molar refractivity (Wildman–Crippen MR) is 59.0 cm³/mol. The van der Waals surface area contributed by atoms with Gasteiger partial charge in [0.2, 0.25) is 0 Å². The lowest BCUT2D eigenvalue weighted by Crippen LogP contribution is -2.23. The van der Waals surface area contributed by atoms with E-state index in [2.05, 4.69) is 10.5 Å². The Hall–Kier alpha value is -1.85. The van der Waals surface area contributed by atoms with E-state index in [1.165, 1.54) is 0 Å². The maximum absolute atomic E-state index is 11.8. The second kappa shape index (κ2) is 5.47. The van der Waals surface area contributed by atoms with Crippen LogP contribution in [0.15, 0.2) is 29.4 Å². The number of benzene rings is 1. The molecule has 92 valence electrons. The van der Waals surface area contributed by atoms with Crippen LogP contribution in [-0.4, -0.2) is 18.2 Å². The maximum Gasteiger partial charge on any atom is 0.455 e. The molecule has 17 heavy (non-hydrogen) atoms. The molecule has 0 radical (unpaired) electrons. The molecule has 0 atom stereocenters. The molecular weight excluding hydrogens is 233 g/mol. The zero-order valence-corrected chi connectivity index (χ0v) is 9.08. The van der Waals surface area contributed by atoms with E-state index in [0.717, 1.165) is 12.0 Å². The number of hydrogen-bond donors (Lipinski definition) is 1. The molecule has 6 heteroatoms. The molecule has 3 nitrogen and oxygen atoms in total.